The van der Waals surface area contributed by atoms with Crippen LogP contribution in [0.5, 0.6) is 0 Å². The quantitative estimate of drug-likeness (QED) is 0.348. The van der Waals surface area contributed by atoms with Gasteiger partial charge in [-0.25, -0.2) is 13.1 Å². The normalized spacial score (nSPS) is 14.7. The average Bonchev–Trinajstić information content (AvgIpc) is 3.18. The van der Waals surface area contributed by atoms with Crippen molar-refractivity contribution in [2.45, 2.75) is 30.4 Å². The van der Waals surface area contributed by atoms with E-state index in [1.807, 2.05) is 24.3 Å². The summed E-state index contributed by atoms with van der Waals surface area (Å²) in [6.07, 6.45) is 3.33. The molecule has 0 saturated heterocycles. The maximum Gasteiger partial charge on any atom is 0.240 e. The third-order valence-electron chi connectivity index (χ3n) is 5.09. The highest BCUT2D eigenvalue weighted by molar-refractivity contribution is 7.89. The van der Waals surface area contributed by atoms with Gasteiger partial charge in [0.2, 0.25) is 10.0 Å². The Morgan fingerprint density at radius 3 is 2.75 bits per heavy atom. The molecule has 2 heterocycles. The number of nitrogens with zero attached hydrogens (tertiary/aromatic N) is 2. The predicted octanol–water partition coefficient (Wildman–Crippen LogP) is 3.43. The van der Waals surface area contributed by atoms with Crippen LogP contribution in [0.4, 0.5) is 0 Å². The summed E-state index contributed by atoms with van der Waals surface area (Å²) in [5, 5.41) is 16.7. The highest BCUT2D eigenvalue weighted by Crippen LogP contribution is 2.30. The molecule has 0 fully saturated rings. The molecule has 0 spiro atoms. The molecule has 0 amide bonds. The number of halogens is 1. The highest BCUT2D eigenvalue weighted by atomic mass is 35.5. The summed E-state index contributed by atoms with van der Waals surface area (Å²) in [5.41, 5.74) is -0.551. The minimum absolute atomic E-state index is 0. The van der Waals surface area contributed by atoms with Gasteiger partial charge in [0.1, 0.15) is 5.60 Å². The molecule has 3 N–H and O–H groups in total. The summed E-state index contributed by atoms with van der Waals surface area (Å²) >= 11 is 1.35. The number of pyridine rings is 1. The second-order valence-electron chi connectivity index (χ2n) is 7.84. The van der Waals surface area contributed by atoms with E-state index in [4.69, 9.17) is 0 Å². The lowest BCUT2D eigenvalue weighted by Gasteiger charge is -2.24. The summed E-state index contributed by atoms with van der Waals surface area (Å²) in [7, 11) is -3.67. The molecule has 1 unspecified atom stereocenters. The first-order valence-electron chi connectivity index (χ1n) is 9.90. The first kappa shape index (κ1) is 24.5. The van der Waals surface area contributed by atoms with E-state index in [0.717, 1.165) is 20.9 Å². The molecule has 0 bridgehead atoms. The molecule has 0 saturated carbocycles. The fraction of sp³-hybridized carbons (Fsp3) is 0.273. The van der Waals surface area contributed by atoms with Gasteiger partial charge >= 0.3 is 0 Å². The Hall–Kier alpha value is -2.14. The number of hydrogen-bond acceptors (Lipinski definition) is 7. The maximum absolute atomic E-state index is 12.8. The second-order valence-corrected chi connectivity index (χ2v) is 10.4. The smallest absolute Gasteiger partial charge is 0.240 e. The van der Waals surface area contributed by atoms with E-state index < -0.39 is 15.6 Å². The summed E-state index contributed by atoms with van der Waals surface area (Å²) in [6.45, 7) is 4.09. The Morgan fingerprint density at radius 1 is 1.16 bits per heavy atom. The molecule has 10 heteroatoms. The molecule has 0 radical (unpaired) electrons. The van der Waals surface area contributed by atoms with E-state index in [2.05, 4.69) is 19.4 Å². The minimum Gasteiger partial charge on any atom is -0.382 e. The van der Waals surface area contributed by atoms with Gasteiger partial charge in [-0.05, 0) is 55.0 Å². The number of aromatic nitrogens is 2. The van der Waals surface area contributed by atoms with Gasteiger partial charge in [-0.1, -0.05) is 24.3 Å². The molecular formula is C22H25ClN4O3S2. The second kappa shape index (κ2) is 9.78. The van der Waals surface area contributed by atoms with Crippen LogP contribution in [-0.4, -0.2) is 42.0 Å². The number of nitrogens with one attached hydrogen (secondary N) is 2. The summed E-state index contributed by atoms with van der Waals surface area (Å²) in [4.78, 5) is 4.25. The standard InChI is InChI=1S/C22H24N4O3S2.ClH/c1-15(26-31(28,29)18-8-7-17-13-23-10-9-16(17)11-18)12-24-14-22(2,27)21-19-5-3-4-6-20(19)30-25-21;/h3-11,13,15,24,26-27H,12,14H2,1-2H3;1H/t15-,22?;/m1./s1. The van der Waals surface area contributed by atoms with Gasteiger partial charge in [0.25, 0.3) is 0 Å². The van der Waals surface area contributed by atoms with E-state index in [1.165, 1.54) is 11.5 Å². The Labute approximate surface area is 197 Å². The Balaban J connectivity index is 0.00000289. The first-order valence-corrected chi connectivity index (χ1v) is 12.2. The topological polar surface area (TPSA) is 104 Å². The third kappa shape index (κ3) is 5.25. The summed E-state index contributed by atoms with van der Waals surface area (Å²) in [6, 6.07) is 14.1. The summed E-state index contributed by atoms with van der Waals surface area (Å²) in [5.74, 6) is 0. The van der Waals surface area contributed by atoms with E-state index in [-0.39, 0.29) is 29.9 Å². The van der Waals surface area contributed by atoms with Crippen molar-refractivity contribution in [2.24, 2.45) is 0 Å². The fourth-order valence-corrected chi connectivity index (χ4v) is 5.66. The van der Waals surface area contributed by atoms with E-state index in [1.54, 1.807) is 50.5 Å². The maximum atomic E-state index is 12.8. The molecule has 32 heavy (non-hydrogen) atoms. The third-order valence-corrected chi connectivity index (χ3v) is 7.50. The van der Waals surface area contributed by atoms with Gasteiger partial charge in [0.15, 0.2) is 0 Å². The van der Waals surface area contributed by atoms with Gasteiger partial charge in [0.05, 0.1) is 15.3 Å². The van der Waals surface area contributed by atoms with Crippen LogP contribution >= 0.6 is 23.9 Å². The fourth-order valence-electron chi connectivity index (χ4n) is 3.49. The van der Waals surface area contributed by atoms with Crippen molar-refractivity contribution in [3.63, 3.8) is 0 Å². The van der Waals surface area contributed by atoms with Gasteiger partial charge in [0, 0.05) is 42.3 Å². The SMILES string of the molecule is C[C@H](CNCC(C)(O)c1nsc2ccccc12)NS(=O)(=O)c1ccc2cnccc2c1.Cl. The van der Waals surface area contributed by atoms with Crippen molar-refractivity contribution in [1.29, 1.82) is 0 Å². The number of benzene rings is 2. The predicted molar refractivity (Wildman–Crippen MR) is 131 cm³/mol. The lowest BCUT2D eigenvalue weighted by atomic mass is 9.99. The molecule has 0 aliphatic carbocycles. The highest BCUT2D eigenvalue weighted by Gasteiger charge is 2.28. The Kier molecular flexibility index (Phi) is 7.49. The van der Waals surface area contributed by atoms with Gasteiger partial charge in [-0.3, -0.25) is 4.98 Å². The lowest BCUT2D eigenvalue weighted by molar-refractivity contribution is 0.0548. The van der Waals surface area contributed by atoms with Crippen LogP contribution in [0.25, 0.3) is 20.9 Å². The van der Waals surface area contributed by atoms with Gasteiger partial charge in [-0.15, -0.1) is 12.4 Å². The number of sulfonamides is 1. The molecule has 4 rings (SSSR count). The van der Waals surface area contributed by atoms with Crippen LogP contribution in [0.3, 0.4) is 0 Å². The minimum atomic E-state index is -3.67. The molecule has 170 valence electrons. The van der Waals surface area contributed by atoms with E-state index in [9.17, 15) is 13.5 Å². The zero-order chi connectivity index (χ0) is 22.1. The number of rotatable bonds is 8. The van der Waals surface area contributed by atoms with Crippen molar-refractivity contribution in [3.8, 4) is 0 Å². The number of fused-ring (bicyclic) bond motifs is 2. The molecule has 2 atom stereocenters. The van der Waals surface area contributed by atoms with E-state index in [0.29, 0.717) is 12.2 Å². The molecule has 7 nitrogen and oxygen atoms in total. The van der Waals surface area contributed by atoms with Crippen molar-refractivity contribution in [1.82, 2.24) is 19.4 Å². The van der Waals surface area contributed by atoms with Crippen LogP contribution in [0.2, 0.25) is 0 Å². The van der Waals surface area contributed by atoms with Crippen LogP contribution in [0, 0.1) is 0 Å². The lowest BCUT2D eigenvalue weighted by Crippen LogP contribution is -2.44. The van der Waals surface area contributed by atoms with Crippen molar-refractivity contribution in [2.75, 3.05) is 13.1 Å². The molecular weight excluding hydrogens is 468 g/mol. The van der Waals surface area contributed by atoms with Crippen LogP contribution in [0.15, 0.2) is 65.8 Å². The van der Waals surface area contributed by atoms with Gasteiger partial charge in [-0.2, -0.15) is 4.37 Å². The van der Waals surface area contributed by atoms with Gasteiger partial charge < -0.3 is 10.4 Å². The van der Waals surface area contributed by atoms with Crippen LogP contribution in [-0.2, 0) is 15.6 Å². The summed E-state index contributed by atoms with van der Waals surface area (Å²) < 4.78 is 33.7. The van der Waals surface area contributed by atoms with Crippen molar-refractivity contribution in [3.05, 3.63) is 66.6 Å². The van der Waals surface area contributed by atoms with E-state index >= 15 is 0 Å². The van der Waals surface area contributed by atoms with Crippen molar-refractivity contribution < 1.29 is 13.5 Å². The number of aliphatic hydroxyl groups is 1. The average molecular weight is 493 g/mol. The Morgan fingerprint density at radius 2 is 1.94 bits per heavy atom. The molecule has 2 aromatic heterocycles. The zero-order valence-electron chi connectivity index (χ0n) is 17.6. The molecule has 0 aliphatic rings. The Bertz CT molecular complexity index is 1330. The molecule has 2 aromatic carbocycles. The monoisotopic (exact) mass is 492 g/mol. The molecule has 0 aliphatic heterocycles. The van der Waals surface area contributed by atoms with Crippen molar-refractivity contribution >= 4 is 54.8 Å². The molecule has 4 aromatic rings. The first-order chi connectivity index (χ1) is 14.8. The number of hydrogen-bond donors (Lipinski definition) is 3. The van der Waals surface area contributed by atoms with Crippen LogP contribution in [0.1, 0.15) is 19.5 Å². The zero-order valence-corrected chi connectivity index (χ0v) is 20.1. The largest absolute Gasteiger partial charge is 0.382 e. The van der Waals surface area contributed by atoms with Crippen LogP contribution < -0.4 is 10.0 Å².